The van der Waals surface area contributed by atoms with Gasteiger partial charge < -0.3 is 4.43 Å². The van der Waals surface area contributed by atoms with Crippen LogP contribution in [-0.2, 0) is 4.43 Å². The largest absolute Gasteiger partial charge is 0.422 e. The topological polar surface area (TPSA) is 9.23 Å². The molecule has 0 aliphatic rings. The first kappa shape index (κ1) is 11.2. The molecule has 11 heavy (non-hydrogen) atoms. The Bertz CT molecular complexity index is 117. The molecule has 68 valence electrons. The van der Waals surface area contributed by atoms with Crippen molar-refractivity contribution < 1.29 is 4.43 Å². The molecule has 0 heterocycles. The Labute approximate surface area is 74.1 Å². The summed E-state index contributed by atoms with van der Waals surface area (Å²) in [4.78, 5) is 0. The first-order chi connectivity index (χ1) is 4.87. The van der Waals surface area contributed by atoms with E-state index in [1.54, 1.807) is 0 Å². The van der Waals surface area contributed by atoms with Gasteiger partial charge in [0.15, 0.2) is 0 Å². The van der Waals surface area contributed by atoms with Crippen LogP contribution in [0.3, 0.4) is 0 Å². The fourth-order valence-corrected chi connectivity index (χ4v) is 2.08. The van der Waals surface area contributed by atoms with Gasteiger partial charge in [0.2, 0.25) is 0 Å². The first-order valence-corrected chi connectivity index (χ1v) is 5.24. The minimum atomic E-state index is 0.0912. The van der Waals surface area contributed by atoms with Crippen molar-refractivity contribution in [2.24, 2.45) is 5.41 Å². The van der Waals surface area contributed by atoms with Crippen molar-refractivity contribution in [1.82, 2.24) is 0 Å². The molecule has 1 nitrogen and oxygen atoms in total. The first-order valence-electron chi connectivity index (χ1n) is 4.42. The summed E-state index contributed by atoms with van der Waals surface area (Å²) in [7, 11) is 0.842. The van der Waals surface area contributed by atoms with Gasteiger partial charge in [-0.2, -0.15) is 0 Å². The Morgan fingerprint density at radius 1 is 1.18 bits per heavy atom. The van der Waals surface area contributed by atoms with E-state index >= 15 is 0 Å². The SMILES string of the molecule is CCCC(C)(O[SiH3])C(C)(C)C. The molecule has 0 aromatic heterocycles. The van der Waals surface area contributed by atoms with Crippen LogP contribution in [-0.4, -0.2) is 16.1 Å². The lowest BCUT2D eigenvalue weighted by Gasteiger charge is -2.41. The van der Waals surface area contributed by atoms with Gasteiger partial charge in [0.1, 0.15) is 10.5 Å². The van der Waals surface area contributed by atoms with Gasteiger partial charge in [-0.15, -0.1) is 0 Å². The molecule has 0 saturated heterocycles. The lowest BCUT2D eigenvalue weighted by Crippen LogP contribution is -2.41. The zero-order valence-electron chi connectivity index (χ0n) is 8.82. The molecule has 0 aliphatic heterocycles. The van der Waals surface area contributed by atoms with Gasteiger partial charge in [-0.25, -0.2) is 0 Å². The predicted molar refractivity (Wildman–Crippen MR) is 53.8 cm³/mol. The molecule has 2 heteroatoms. The molecular formula is C9H22OSi. The Hall–Kier alpha value is 0.177. The smallest absolute Gasteiger partial charge is 0.146 e. The molecule has 0 saturated carbocycles. The number of hydrogen-bond acceptors (Lipinski definition) is 1. The van der Waals surface area contributed by atoms with Crippen LogP contribution in [0.15, 0.2) is 0 Å². The van der Waals surface area contributed by atoms with Gasteiger partial charge in [-0.3, -0.25) is 0 Å². The summed E-state index contributed by atoms with van der Waals surface area (Å²) in [5, 5.41) is 0. The van der Waals surface area contributed by atoms with Crippen molar-refractivity contribution in [2.75, 3.05) is 0 Å². The molecule has 0 amide bonds. The monoisotopic (exact) mass is 174 g/mol. The summed E-state index contributed by atoms with van der Waals surface area (Å²) in [5.41, 5.74) is 0.360. The average molecular weight is 174 g/mol. The Morgan fingerprint density at radius 3 is 1.73 bits per heavy atom. The molecule has 0 aromatic rings. The zero-order chi connectivity index (χ0) is 9.12. The van der Waals surface area contributed by atoms with Crippen molar-refractivity contribution in [3.8, 4) is 0 Å². The molecular weight excluding hydrogens is 152 g/mol. The molecule has 0 N–H and O–H groups in total. The van der Waals surface area contributed by atoms with Gasteiger partial charge in [-0.1, -0.05) is 34.1 Å². The third-order valence-electron chi connectivity index (χ3n) is 2.76. The average Bonchev–Trinajstić information content (AvgIpc) is 1.86. The van der Waals surface area contributed by atoms with Crippen molar-refractivity contribution in [3.63, 3.8) is 0 Å². The molecule has 0 aliphatic carbocycles. The van der Waals surface area contributed by atoms with Gasteiger partial charge in [-0.05, 0) is 18.8 Å². The molecule has 0 fully saturated rings. The second-order valence-corrected chi connectivity index (χ2v) is 4.84. The van der Waals surface area contributed by atoms with Crippen LogP contribution < -0.4 is 0 Å². The summed E-state index contributed by atoms with van der Waals surface area (Å²) in [6, 6.07) is 0. The summed E-state index contributed by atoms with van der Waals surface area (Å²) >= 11 is 0. The molecule has 0 spiro atoms. The highest BCUT2D eigenvalue weighted by Crippen LogP contribution is 2.36. The Balaban J connectivity index is 4.33. The Kier molecular flexibility index (Phi) is 3.78. The van der Waals surface area contributed by atoms with Crippen molar-refractivity contribution in [3.05, 3.63) is 0 Å². The molecule has 1 unspecified atom stereocenters. The minimum absolute atomic E-state index is 0.0912. The summed E-state index contributed by atoms with van der Waals surface area (Å²) in [6.07, 6.45) is 2.37. The molecule has 1 atom stereocenters. The second kappa shape index (κ2) is 3.72. The lowest BCUT2D eigenvalue weighted by atomic mass is 9.75. The third-order valence-corrected chi connectivity index (χ3v) is 3.67. The van der Waals surface area contributed by atoms with Crippen LogP contribution in [0.25, 0.3) is 0 Å². The van der Waals surface area contributed by atoms with Crippen LogP contribution >= 0.6 is 0 Å². The molecule has 0 aromatic carbocycles. The summed E-state index contributed by atoms with van der Waals surface area (Å²) < 4.78 is 5.68. The van der Waals surface area contributed by atoms with E-state index in [9.17, 15) is 0 Å². The van der Waals surface area contributed by atoms with Gasteiger partial charge in [0, 0.05) is 0 Å². The highest BCUT2D eigenvalue weighted by molar-refractivity contribution is 5.98. The maximum Gasteiger partial charge on any atom is 0.146 e. The van der Waals surface area contributed by atoms with Crippen molar-refractivity contribution in [1.29, 1.82) is 0 Å². The van der Waals surface area contributed by atoms with Crippen LogP contribution in [0.1, 0.15) is 47.5 Å². The van der Waals surface area contributed by atoms with Crippen molar-refractivity contribution >= 4 is 10.5 Å². The summed E-state index contributed by atoms with van der Waals surface area (Å²) in [5.74, 6) is 0. The van der Waals surface area contributed by atoms with E-state index in [1.165, 1.54) is 12.8 Å². The van der Waals surface area contributed by atoms with Crippen LogP contribution in [0.4, 0.5) is 0 Å². The molecule has 0 rings (SSSR count). The van der Waals surface area contributed by atoms with Crippen LogP contribution in [0.2, 0.25) is 0 Å². The summed E-state index contributed by atoms with van der Waals surface area (Å²) in [6.45, 7) is 11.2. The van der Waals surface area contributed by atoms with Gasteiger partial charge >= 0.3 is 0 Å². The minimum Gasteiger partial charge on any atom is -0.422 e. The fourth-order valence-electron chi connectivity index (χ4n) is 1.26. The second-order valence-electron chi connectivity index (χ2n) is 4.43. The molecule has 0 radical (unpaired) electrons. The molecule has 0 bridgehead atoms. The van der Waals surface area contributed by atoms with E-state index in [2.05, 4.69) is 34.6 Å². The number of hydrogen-bond donors (Lipinski definition) is 0. The van der Waals surface area contributed by atoms with Crippen LogP contribution in [0, 0.1) is 5.41 Å². The third kappa shape index (κ3) is 2.60. The van der Waals surface area contributed by atoms with E-state index < -0.39 is 0 Å². The highest BCUT2D eigenvalue weighted by Gasteiger charge is 2.35. The van der Waals surface area contributed by atoms with E-state index in [-0.39, 0.29) is 11.0 Å². The normalized spacial score (nSPS) is 18.3. The van der Waals surface area contributed by atoms with E-state index in [0.29, 0.717) is 0 Å². The fraction of sp³-hybridized carbons (Fsp3) is 1.00. The van der Waals surface area contributed by atoms with E-state index in [4.69, 9.17) is 4.43 Å². The van der Waals surface area contributed by atoms with Crippen LogP contribution in [0.5, 0.6) is 0 Å². The van der Waals surface area contributed by atoms with Crippen molar-refractivity contribution in [2.45, 2.75) is 53.1 Å². The lowest BCUT2D eigenvalue weighted by molar-refractivity contribution is -0.0179. The van der Waals surface area contributed by atoms with Gasteiger partial charge in [0.25, 0.3) is 0 Å². The van der Waals surface area contributed by atoms with E-state index in [1.807, 2.05) is 0 Å². The maximum atomic E-state index is 5.68. The van der Waals surface area contributed by atoms with Gasteiger partial charge in [0.05, 0.1) is 5.60 Å². The Morgan fingerprint density at radius 2 is 1.64 bits per heavy atom. The highest BCUT2D eigenvalue weighted by atomic mass is 28.2. The van der Waals surface area contributed by atoms with E-state index in [0.717, 1.165) is 10.5 Å². The number of rotatable bonds is 3. The standard InChI is InChI=1S/C9H22OSi/c1-6-7-9(5,10-11)8(2,3)4/h6-7H2,1-5,11H3. The predicted octanol–water partition coefficient (Wildman–Crippen LogP) is 1.89. The zero-order valence-corrected chi connectivity index (χ0v) is 10.8. The quantitative estimate of drug-likeness (QED) is 0.594. The maximum absolute atomic E-state index is 5.68.